The van der Waals surface area contributed by atoms with Crippen molar-refractivity contribution in [3.8, 4) is 0 Å². The summed E-state index contributed by atoms with van der Waals surface area (Å²) >= 11 is 0. The Kier molecular flexibility index (Phi) is 2.30. The second kappa shape index (κ2) is 3.70. The van der Waals surface area contributed by atoms with E-state index in [1.807, 2.05) is 37.3 Å². The summed E-state index contributed by atoms with van der Waals surface area (Å²) in [4.78, 5) is 12.0. The average Bonchev–Trinajstić information content (AvgIpc) is 2.60. The van der Waals surface area contributed by atoms with E-state index in [0.717, 1.165) is 24.0 Å². The van der Waals surface area contributed by atoms with Crippen molar-refractivity contribution in [2.75, 3.05) is 6.61 Å². The molecule has 2 aliphatic rings. The van der Waals surface area contributed by atoms with Crippen molar-refractivity contribution in [2.45, 2.75) is 25.6 Å². The number of benzene rings is 1. The summed E-state index contributed by atoms with van der Waals surface area (Å²) in [6.07, 6.45) is 1.81. The van der Waals surface area contributed by atoms with E-state index in [2.05, 4.69) is 0 Å². The predicted molar refractivity (Wildman–Crippen MR) is 63.0 cm³/mol. The fraction of sp³-hybridized carbons (Fsp3) is 0.357. The molecule has 0 N–H and O–H groups in total. The Morgan fingerprint density at radius 1 is 1.24 bits per heavy atom. The minimum Gasteiger partial charge on any atom is -0.426 e. The van der Waals surface area contributed by atoms with Gasteiger partial charge in [-0.3, -0.25) is 0 Å². The highest BCUT2D eigenvalue weighted by molar-refractivity contribution is 6.20. The number of carbonyl (C=O) groups excluding carboxylic acids is 1. The van der Waals surface area contributed by atoms with Crippen molar-refractivity contribution in [1.82, 2.24) is 0 Å². The predicted octanol–water partition coefficient (Wildman–Crippen LogP) is 2.52. The SMILES string of the molecule is C[C@@]12OCCCC1=C(c1ccccc1)C(=O)O2. The number of rotatable bonds is 1. The van der Waals surface area contributed by atoms with E-state index in [4.69, 9.17) is 9.47 Å². The van der Waals surface area contributed by atoms with Gasteiger partial charge in [0.2, 0.25) is 5.79 Å². The van der Waals surface area contributed by atoms with Crippen LogP contribution in [-0.4, -0.2) is 18.4 Å². The zero-order valence-corrected chi connectivity index (χ0v) is 9.73. The highest BCUT2D eigenvalue weighted by Gasteiger charge is 2.46. The summed E-state index contributed by atoms with van der Waals surface area (Å²) in [5, 5.41) is 0. The third kappa shape index (κ3) is 1.58. The maximum Gasteiger partial charge on any atom is 0.341 e. The quantitative estimate of drug-likeness (QED) is 0.695. The molecule has 17 heavy (non-hydrogen) atoms. The van der Waals surface area contributed by atoms with E-state index in [1.54, 1.807) is 0 Å². The number of hydrogen-bond donors (Lipinski definition) is 0. The van der Waals surface area contributed by atoms with Crippen LogP contribution in [0.1, 0.15) is 25.3 Å². The number of hydrogen-bond acceptors (Lipinski definition) is 3. The molecule has 3 rings (SSSR count). The molecule has 1 aromatic carbocycles. The Bertz CT molecular complexity index is 489. The van der Waals surface area contributed by atoms with E-state index in [9.17, 15) is 4.79 Å². The Hall–Kier alpha value is -1.61. The molecule has 0 radical (unpaired) electrons. The molecule has 2 heterocycles. The maximum atomic E-state index is 12.0. The van der Waals surface area contributed by atoms with Crippen LogP contribution < -0.4 is 0 Å². The van der Waals surface area contributed by atoms with Crippen LogP contribution in [0, 0.1) is 0 Å². The fourth-order valence-corrected chi connectivity index (χ4v) is 2.52. The molecule has 0 amide bonds. The van der Waals surface area contributed by atoms with Crippen LogP contribution in [0.3, 0.4) is 0 Å². The fourth-order valence-electron chi connectivity index (χ4n) is 2.52. The first kappa shape index (κ1) is 10.5. The van der Waals surface area contributed by atoms with Crippen molar-refractivity contribution in [3.05, 3.63) is 41.5 Å². The van der Waals surface area contributed by atoms with Crippen molar-refractivity contribution < 1.29 is 14.3 Å². The molecular weight excluding hydrogens is 216 g/mol. The molecule has 0 saturated carbocycles. The van der Waals surface area contributed by atoms with E-state index < -0.39 is 5.79 Å². The molecule has 1 fully saturated rings. The number of ether oxygens (including phenoxy) is 2. The van der Waals surface area contributed by atoms with Gasteiger partial charge in [-0.15, -0.1) is 0 Å². The molecule has 3 heteroatoms. The lowest BCUT2D eigenvalue weighted by atomic mass is 9.92. The van der Waals surface area contributed by atoms with Gasteiger partial charge in [0.25, 0.3) is 0 Å². The first-order valence-corrected chi connectivity index (χ1v) is 5.87. The van der Waals surface area contributed by atoms with Gasteiger partial charge >= 0.3 is 5.97 Å². The number of carbonyl (C=O) groups is 1. The van der Waals surface area contributed by atoms with Crippen molar-refractivity contribution in [3.63, 3.8) is 0 Å². The second-order valence-electron chi connectivity index (χ2n) is 4.51. The number of esters is 1. The molecule has 0 aromatic heterocycles. The maximum absolute atomic E-state index is 12.0. The average molecular weight is 230 g/mol. The van der Waals surface area contributed by atoms with Crippen LogP contribution in [0.2, 0.25) is 0 Å². The van der Waals surface area contributed by atoms with Crippen molar-refractivity contribution in [2.24, 2.45) is 0 Å². The first-order chi connectivity index (χ1) is 8.21. The van der Waals surface area contributed by atoms with E-state index >= 15 is 0 Å². The van der Waals surface area contributed by atoms with Gasteiger partial charge in [-0.25, -0.2) is 4.79 Å². The normalized spacial score (nSPS) is 27.9. The Morgan fingerprint density at radius 3 is 2.76 bits per heavy atom. The van der Waals surface area contributed by atoms with Crippen LogP contribution in [-0.2, 0) is 14.3 Å². The van der Waals surface area contributed by atoms with Crippen LogP contribution in [0.4, 0.5) is 0 Å². The summed E-state index contributed by atoms with van der Waals surface area (Å²) in [6, 6.07) is 9.66. The molecule has 2 aliphatic heterocycles. The van der Waals surface area contributed by atoms with Gasteiger partial charge in [0, 0.05) is 12.5 Å². The van der Waals surface area contributed by atoms with Gasteiger partial charge in [-0.05, 0) is 18.4 Å². The van der Waals surface area contributed by atoms with E-state index in [0.29, 0.717) is 12.2 Å². The standard InChI is InChI=1S/C14H14O3/c1-14-11(8-5-9-16-14)12(13(15)17-14)10-6-3-2-4-7-10/h2-4,6-7H,5,8-9H2,1H3/t14-/m0/s1. The molecule has 1 saturated heterocycles. The monoisotopic (exact) mass is 230 g/mol. The minimum absolute atomic E-state index is 0.268. The highest BCUT2D eigenvalue weighted by atomic mass is 16.7. The molecule has 0 spiro atoms. The minimum atomic E-state index is -0.833. The molecule has 1 aromatic rings. The second-order valence-corrected chi connectivity index (χ2v) is 4.51. The van der Waals surface area contributed by atoms with Crippen LogP contribution >= 0.6 is 0 Å². The zero-order chi connectivity index (χ0) is 11.9. The molecule has 0 aliphatic carbocycles. The van der Waals surface area contributed by atoms with Crippen molar-refractivity contribution in [1.29, 1.82) is 0 Å². The van der Waals surface area contributed by atoms with Gasteiger partial charge in [0.1, 0.15) is 0 Å². The molecular formula is C14H14O3. The Morgan fingerprint density at radius 2 is 2.00 bits per heavy atom. The largest absolute Gasteiger partial charge is 0.426 e. The molecule has 0 unspecified atom stereocenters. The summed E-state index contributed by atoms with van der Waals surface area (Å²) in [5.74, 6) is -1.10. The van der Waals surface area contributed by atoms with Crippen LogP contribution in [0.25, 0.3) is 5.57 Å². The zero-order valence-electron chi connectivity index (χ0n) is 9.73. The van der Waals surface area contributed by atoms with Gasteiger partial charge in [-0.1, -0.05) is 30.3 Å². The lowest BCUT2D eigenvalue weighted by molar-refractivity contribution is -0.201. The van der Waals surface area contributed by atoms with Crippen LogP contribution in [0.5, 0.6) is 0 Å². The summed E-state index contributed by atoms with van der Waals surface area (Å²) in [6.45, 7) is 2.48. The third-order valence-electron chi connectivity index (χ3n) is 3.35. The highest BCUT2D eigenvalue weighted by Crippen LogP contribution is 2.43. The smallest absolute Gasteiger partial charge is 0.341 e. The Labute approximate surface area is 100 Å². The summed E-state index contributed by atoms with van der Waals surface area (Å²) in [5.41, 5.74) is 2.59. The molecule has 1 atom stereocenters. The van der Waals surface area contributed by atoms with Gasteiger partial charge < -0.3 is 9.47 Å². The van der Waals surface area contributed by atoms with Gasteiger partial charge in [0.05, 0.1) is 12.2 Å². The van der Waals surface area contributed by atoms with Gasteiger partial charge in [-0.2, -0.15) is 0 Å². The van der Waals surface area contributed by atoms with Crippen molar-refractivity contribution >= 4 is 11.5 Å². The summed E-state index contributed by atoms with van der Waals surface area (Å²) < 4.78 is 11.0. The third-order valence-corrected chi connectivity index (χ3v) is 3.35. The molecule has 88 valence electrons. The van der Waals surface area contributed by atoms with E-state index in [-0.39, 0.29) is 5.97 Å². The van der Waals surface area contributed by atoms with Crippen LogP contribution in [0.15, 0.2) is 35.9 Å². The Balaban J connectivity index is 2.13. The van der Waals surface area contributed by atoms with E-state index in [1.165, 1.54) is 0 Å². The van der Waals surface area contributed by atoms with Gasteiger partial charge in [0.15, 0.2) is 0 Å². The first-order valence-electron chi connectivity index (χ1n) is 5.87. The topological polar surface area (TPSA) is 35.5 Å². The number of fused-ring (bicyclic) bond motifs is 1. The summed E-state index contributed by atoms with van der Waals surface area (Å²) in [7, 11) is 0. The lowest BCUT2D eigenvalue weighted by Crippen LogP contribution is -2.35. The molecule has 3 nitrogen and oxygen atoms in total. The lowest BCUT2D eigenvalue weighted by Gasteiger charge is -2.30. The molecule has 0 bridgehead atoms.